The molecule has 3 heteroatoms. The summed E-state index contributed by atoms with van der Waals surface area (Å²) in [5.41, 5.74) is 1.39. The molecule has 3 rings (SSSR count). The van der Waals surface area contributed by atoms with Crippen molar-refractivity contribution in [1.82, 2.24) is 5.32 Å². The fourth-order valence-corrected chi connectivity index (χ4v) is 2.66. The van der Waals surface area contributed by atoms with Crippen molar-refractivity contribution in [2.75, 3.05) is 19.8 Å². The van der Waals surface area contributed by atoms with Gasteiger partial charge in [0, 0.05) is 6.04 Å². The second-order valence-corrected chi connectivity index (χ2v) is 4.83. The Bertz CT molecular complexity index is 399. The summed E-state index contributed by atoms with van der Waals surface area (Å²) in [6.45, 7) is 4.56. The maximum Gasteiger partial charge on any atom is 0.161 e. The molecule has 1 aliphatic heterocycles. The second kappa shape index (κ2) is 4.57. The molecule has 0 bridgehead atoms. The van der Waals surface area contributed by atoms with Crippen LogP contribution in [0, 0.1) is 0 Å². The Labute approximate surface area is 102 Å². The van der Waals surface area contributed by atoms with Crippen molar-refractivity contribution < 1.29 is 9.47 Å². The minimum Gasteiger partial charge on any atom is -0.486 e. The monoisotopic (exact) mass is 233 g/mol. The van der Waals surface area contributed by atoms with Gasteiger partial charge in [0.15, 0.2) is 11.5 Å². The molecule has 17 heavy (non-hydrogen) atoms. The lowest BCUT2D eigenvalue weighted by Crippen LogP contribution is -2.39. The lowest BCUT2D eigenvalue weighted by atomic mass is 9.76. The van der Waals surface area contributed by atoms with E-state index in [4.69, 9.17) is 9.47 Å². The molecule has 1 N–H and O–H groups in total. The Balaban J connectivity index is 1.68. The number of benzene rings is 1. The van der Waals surface area contributed by atoms with Gasteiger partial charge in [0.2, 0.25) is 0 Å². The number of hydrogen-bond donors (Lipinski definition) is 1. The highest BCUT2D eigenvalue weighted by molar-refractivity contribution is 5.45. The van der Waals surface area contributed by atoms with Gasteiger partial charge in [0.1, 0.15) is 13.2 Å². The topological polar surface area (TPSA) is 30.5 Å². The Kier molecular flexibility index (Phi) is 2.93. The first-order valence-corrected chi connectivity index (χ1v) is 6.49. The van der Waals surface area contributed by atoms with Gasteiger partial charge in [0.25, 0.3) is 0 Å². The molecule has 0 radical (unpaired) electrons. The molecule has 1 heterocycles. The van der Waals surface area contributed by atoms with Gasteiger partial charge in [-0.1, -0.05) is 13.0 Å². The Hall–Kier alpha value is -1.22. The number of nitrogens with one attached hydrogen (secondary N) is 1. The largest absolute Gasteiger partial charge is 0.486 e. The predicted octanol–water partition coefficient (Wildman–Crippen LogP) is 2.31. The summed E-state index contributed by atoms with van der Waals surface area (Å²) >= 11 is 0. The average Bonchev–Trinajstić information content (AvgIpc) is 2.33. The van der Waals surface area contributed by atoms with E-state index in [2.05, 4.69) is 24.4 Å². The van der Waals surface area contributed by atoms with Crippen molar-refractivity contribution in [3.63, 3.8) is 0 Å². The van der Waals surface area contributed by atoms with Gasteiger partial charge in [-0.3, -0.25) is 0 Å². The normalized spacial score (nSPS) is 26.4. The van der Waals surface area contributed by atoms with E-state index in [1.54, 1.807) is 0 Å². The minimum atomic E-state index is 0.665. The molecule has 1 aromatic carbocycles. The van der Waals surface area contributed by atoms with Gasteiger partial charge in [0.05, 0.1) is 0 Å². The SMILES string of the molecule is CCNC1CC(c2ccc3c(c2)OCCO3)C1. The quantitative estimate of drug-likeness (QED) is 0.869. The van der Waals surface area contributed by atoms with Gasteiger partial charge in [-0.25, -0.2) is 0 Å². The van der Waals surface area contributed by atoms with Crippen LogP contribution in [-0.2, 0) is 0 Å². The molecule has 1 aromatic rings. The highest BCUT2D eigenvalue weighted by Gasteiger charge is 2.30. The molecule has 3 nitrogen and oxygen atoms in total. The molecule has 1 saturated carbocycles. The van der Waals surface area contributed by atoms with Crippen molar-refractivity contribution in [1.29, 1.82) is 0 Å². The van der Waals surface area contributed by atoms with E-state index in [1.807, 2.05) is 6.07 Å². The van der Waals surface area contributed by atoms with Crippen molar-refractivity contribution in [3.05, 3.63) is 23.8 Å². The lowest BCUT2D eigenvalue weighted by molar-refractivity contribution is 0.171. The van der Waals surface area contributed by atoms with E-state index >= 15 is 0 Å². The molecule has 0 unspecified atom stereocenters. The first-order valence-electron chi connectivity index (χ1n) is 6.49. The third kappa shape index (κ3) is 2.12. The fourth-order valence-electron chi connectivity index (χ4n) is 2.66. The van der Waals surface area contributed by atoms with E-state index in [9.17, 15) is 0 Å². The minimum absolute atomic E-state index is 0.665. The molecule has 1 fully saturated rings. The molecule has 0 atom stereocenters. The van der Waals surface area contributed by atoms with Crippen LogP contribution in [0.5, 0.6) is 11.5 Å². The maximum absolute atomic E-state index is 5.62. The summed E-state index contributed by atoms with van der Waals surface area (Å²) in [4.78, 5) is 0. The molecule has 0 saturated heterocycles. The van der Waals surface area contributed by atoms with Crippen LogP contribution in [0.3, 0.4) is 0 Å². The third-order valence-electron chi connectivity index (χ3n) is 3.67. The van der Waals surface area contributed by atoms with Crippen LogP contribution < -0.4 is 14.8 Å². The first-order chi connectivity index (χ1) is 8.36. The lowest BCUT2D eigenvalue weighted by Gasteiger charge is -2.36. The molecule has 0 spiro atoms. The molecular weight excluding hydrogens is 214 g/mol. The van der Waals surface area contributed by atoms with E-state index in [0.29, 0.717) is 25.2 Å². The van der Waals surface area contributed by atoms with Crippen molar-refractivity contribution in [2.45, 2.75) is 31.7 Å². The van der Waals surface area contributed by atoms with E-state index in [-0.39, 0.29) is 0 Å². The van der Waals surface area contributed by atoms with Crippen molar-refractivity contribution >= 4 is 0 Å². The number of ether oxygens (including phenoxy) is 2. The van der Waals surface area contributed by atoms with Gasteiger partial charge in [-0.2, -0.15) is 0 Å². The van der Waals surface area contributed by atoms with E-state index < -0.39 is 0 Å². The highest BCUT2D eigenvalue weighted by Crippen LogP contribution is 2.40. The fraction of sp³-hybridized carbons (Fsp3) is 0.571. The van der Waals surface area contributed by atoms with Gasteiger partial charge in [-0.05, 0) is 43.0 Å². The molecule has 92 valence electrons. The molecule has 2 aliphatic rings. The number of fused-ring (bicyclic) bond motifs is 1. The van der Waals surface area contributed by atoms with Crippen LogP contribution in [0.15, 0.2) is 18.2 Å². The number of hydrogen-bond acceptors (Lipinski definition) is 3. The Morgan fingerprint density at radius 3 is 2.71 bits per heavy atom. The van der Waals surface area contributed by atoms with Crippen LogP contribution in [-0.4, -0.2) is 25.8 Å². The van der Waals surface area contributed by atoms with E-state index in [0.717, 1.165) is 18.0 Å². The van der Waals surface area contributed by atoms with Gasteiger partial charge < -0.3 is 14.8 Å². The average molecular weight is 233 g/mol. The standard InChI is InChI=1S/C14H19NO2/c1-2-15-12-7-11(8-12)10-3-4-13-14(9-10)17-6-5-16-13/h3-4,9,11-12,15H,2,5-8H2,1H3. The highest BCUT2D eigenvalue weighted by atomic mass is 16.6. The van der Waals surface area contributed by atoms with Crippen molar-refractivity contribution in [2.24, 2.45) is 0 Å². The summed E-state index contributed by atoms with van der Waals surface area (Å²) < 4.78 is 11.1. The van der Waals surface area contributed by atoms with Crippen LogP contribution >= 0.6 is 0 Å². The zero-order valence-electron chi connectivity index (χ0n) is 10.2. The second-order valence-electron chi connectivity index (χ2n) is 4.83. The van der Waals surface area contributed by atoms with Crippen molar-refractivity contribution in [3.8, 4) is 11.5 Å². The zero-order chi connectivity index (χ0) is 11.7. The summed E-state index contributed by atoms with van der Waals surface area (Å²) in [5, 5.41) is 3.49. The van der Waals surface area contributed by atoms with Gasteiger partial charge in [-0.15, -0.1) is 0 Å². The van der Waals surface area contributed by atoms with E-state index in [1.165, 1.54) is 18.4 Å². The summed E-state index contributed by atoms with van der Waals surface area (Å²) in [6.07, 6.45) is 2.49. The Morgan fingerprint density at radius 1 is 1.18 bits per heavy atom. The van der Waals surface area contributed by atoms with Crippen LogP contribution in [0.25, 0.3) is 0 Å². The summed E-state index contributed by atoms with van der Waals surface area (Å²) in [5.74, 6) is 2.50. The van der Waals surface area contributed by atoms with Gasteiger partial charge >= 0.3 is 0 Å². The van der Waals surface area contributed by atoms with Crippen LogP contribution in [0.1, 0.15) is 31.2 Å². The predicted molar refractivity (Wildman–Crippen MR) is 66.9 cm³/mol. The maximum atomic E-state index is 5.62. The van der Waals surface area contributed by atoms with Crippen LogP contribution in [0.2, 0.25) is 0 Å². The number of rotatable bonds is 3. The summed E-state index contributed by atoms with van der Waals surface area (Å²) in [6, 6.07) is 7.09. The first kappa shape index (κ1) is 10.9. The molecular formula is C14H19NO2. The molecule has 0 amide bonds. The molecule has 0 aromatic heterocycles. The third-order valence-corrected chi connectivity index (χ3v) is 3.67. The smallest absolute Gasteiger partial charge is 0.161 e. The van der Waals surface area contributed by atoms with Crippen LogP contribution in [0.4, 0.5) is 0 Å². The zero-order valence-corrected chi connectivity index (χ0v) is 10.2. The molecule has 1 aliphatic carbocycles. The Morgan fingerprint density at radius 2 is 1.94 bits per heavy atom. The summed E-state index contributed by atoms with van der Waals surface area (Å²) in [7, 11) is 0.